The first kappa shape index (κ1) is 13.1. The summed E-state index contributed by atoms with van der Waals surface area (Å²) in [6.07, 6.45) is 2.16. The van der Waals surface area contributed by atoms with E-state index in [1.165, 1.54) is 0 Å². The number of aryl methyl sites for hydroxylation is 1. The maximum Gasteiger partial charge on any atom is 0.246 e. The van der Waals surface area contributed by atoms with E-state index in [0.717, 1.165) is 36.3 Å². The van der Waals surface area contributed by atoms with Crippen molar-refractivity contribution in [2.24, 2.45) is 0 Å². The summed E-state index contributed by atoms with van der Waals surface area (Å²) in [7, 11) is 1.67. The summed E-state index contributed by atoms with van der Waals surface area (Å²) < 4.78 is 10.7. The quantitative estimate of drug-likeness (QED) is 0.931. The van der Waals surface area contributed by atoms with E-state index < -0.39 is 0 Å². The van der Waals surface area contributed by atoms with Crippen LogP contribution in [-0.4, -0.2) is 23.8 Å². The van der Waals surface area contributed by atoms with Crippen LogP contribution in [0.2, 0.25) is 0 Å². The highest BCUT2D eigenvalue weighted by Gasteiger charge is 2.35. The van der Waals surface area contributed by atoms with Crippen molar-refractivity contribution in [1.29, 1.82) is 0 Å². The standard InChI is InChI=1S/C15H19N3O2/c1-10-9-11(5-6-12(10)19-3)13-17-14(20-18-13)15(2)7-4-8-16-15/h5-6,9,16H,4,7-8H2,1-3H3. The molecule has 1 saturated heterocycles. The summed E-state index contributed by atoms with van der Waals surface area (Å²) in [5, 5.41) is 7.53. The van der Waals surface area contributed by atoms with Gasteiger partial charge in [-0.15, -0.1) is 0 Å². The molecule has 1 fully saturated rings. The van der Waals surface area contributed by atoms with Crippen LogP contribution in [0.4, 0.5) is 0 Å². The fraction of sp³-hybridized carbons (Fsp3) is 0.467. The van der Waals surface area contributed by atoms with Crippen LogP contribution < -0.4 is 10.1 Å². The Bertz CT molecular complexity index is 615. The fourth-order valence-electron chi connectivity index (χ4n) is 2.66. The van der Waals surface area contributed by atoms with Crippen molar-refractivity contribution in [3.63, 3.8) is 0 Å². The van der Waals surface area contributed by atoms with Crippen molar-refractivity contribution in [3.8, 4) is 17.1 Å². The average Bonchev–Trinajstić information content (AvgIpc) is 3.08. The van der Waals surface area contributed by atoms with Gasteiger partial charge in [0.25, 0.3) is 0 Å². The summed E-state index contributed by atoms with van der Waals surface area (Å²) in [6.45, 7) is 5.11. The fourth-order valence-corrected chi connectivity index (χ4v) is 2.66. The lowest BCUT2D eigenvalue weighted by Crippen LogP contribution is -2.33. The minimum atomic E-state index is -0.188. The molecule has 1 aromatic carbocycles. The van der Waals surface area contributed by atoms with Gasteiger partial charge in [0.05, 0.1) is 12.6 Å². The van der Waals surface area contributed by atoms with Crippen molar-refractivity contribution in [3.05, 3.63) is 29.7 Å². The van der Waals surface area contributed by atoms with Gasteiger partial charge in [0.1, 0.15) is 5.75 Å². The van der Waals surface area contributed by atoms with Gasteiger partial charge in [-0.2, -0.15) is 4.98 Å². The molecule has 0 spiro atoms. The van der Waals surface area contributed by atoms with Gasteiger partial charge in [0.15, 0.2) is 0 Å². The molecular weight excluding hydrogens is 254 g/mol. The Kier molecular flexibility index (Phi) is 3.22. The minimum absolute atomic E-state index is 0.188. The van der Waals surface area contributed by atoms with Crippen LogP contribution >= 0.6 is 0 Å². The van der Waals surface area contributed by atoms with Gasteiger partial charge < -0.3 is 14.6 Å². The second-order valence-electron chi connectivity index (χ2n) is 5.47. The van der Waals surface area contributed by atoms with Crippen LogP contribution in [0.25, 0.3) is 11.4 Å². The molecule has 1 unspecified atom stereocenters. The molecule has 1 aliphatic rings. The third-order valence-electron chi connectivity index (χ3n) is 3.92. The normalized spacial score (nSPS) is 22.1. The predicted molar refractivity (Wildman–Crippen MR) is 75.6 cm³/mol. The van der Waals surface area contributed by atoms with E-state index in [1.807, 2.05) is 25.1 Å². The molecule has 2 aromatic rings. The van der Waals surface area contributed by atoms with Crippen LogP contribution in [0.5, 0.6) is 5.75 Å². The van der Waals surface area contributed by atoms with Crippen molar-refractivity contribution >= 4 is 0 Å². The lowest BCUT2D eigenvalue weighted by Gasteiger charge is -2.18. The van der Waals surface area contributed by atoms with E-state index in [9.17, 15) is 0 Å². The smallest absolute Gasteiger partial charge is 0.246 e. The van der Waals surface area contributed by atoms with E-state index in [1.54, 1.807) is 7.11 Å². The Hall–Kier alpha value is -1.88. The van der Waals surface area contributed by atoms with Gasteiger partial charge in [0, 0.05) is 5.56 Å². The molecule has 5 heteroatoms. The Morgan fingerprint density at radius 2 is 2.25 bits per heavy atom. The predicted octanol–water partition coefficient (Wildman–Crippen LogP) is 2.65. The number of hydrogen-bond donors (Lipinski definition) is 1. The Labute approximate surface area is 118 Å². The average molecular weight is 273 g/mol. The third kappa shape index (κ3) is 2.18. The molecule has 2 heterocycles. The molecule has 1 aliphatic heterocycles. The number of rotatable bonds is 3. The molecule has 1 atom stereocenters. The van der Waals surface area contributed by atoms with E-state index in [0.29, 0.717) is 11.7 Å². The Balaban J connectivity index is 1.92. The number of aromatic nitrogens is 2. The lowest BCUT2D eigenvalue weighted by atomic mass is 10.0. The highest BCUT2D eigenvalue weighted by molar-refractivity contribution is 5.58. The summed E-state index contributed by atoms with van der Waals surface area (Å²) in [5.41, 5.74) is 1.81. The molecule has 0 radical (unpaired) electrons. The second-order valence-corrected chi connectivity index (χ2v) is 5.47. The van der Waals surface area contributed by atoms with E-state index in [2.05, 4.69) is 22.4 Å². The number of ether oxygens (including phenoxy) is 1. The van der Waals surface area contributed by atoms with Gasteiger partial charge in [-0.1, -0.05) is 5.16 Å². The maximum atomic E-state index is 5.45. The van der Waals surface area contributed by atoms with Gasteiger partial charge in [0.2, 0.25) is 11.7 Å². The number of nitrogens with one attached hydrogen (secondary N) is 1. The molecule has 0 amide bonds. The van der Waals surface area contributed by atoms with Crippen LogP contribution in [0.15, 0.2) is 22.7 Å². The number of nitrogens with zero attached hydrogens (tertiary/aromatic N) is 2. The summed E-state index contributed by atoms with van der Waals surface area (Å²) in [6, 6.07) is 5.89. The van der Waals surface area contributed by atoms with Crippen molar-refractivity contribution < 1.29 is 9.26 Å². The largest absolute Gasteiger partial charge is 0.496 e. The maximum absolute atomic E-state index is 5.45. The topological polar surface area (TPSA) is 60.2 Å². The van der Waals surface area contributed by atoms with Gasteiger partial charge in [-0.25, -0.2) is 0 Å². The Morgan fingerprint density at radius 1 is 1.40 bits per heavy atom. The van der Waals surface area contributed by atoms with E-state index in [4.69, 9.17) is 9.26 Å². The number of benzene rings is 1. The molecule has 0 aliphatic carbocycles. The molecule has 0 saturated carbocycles. The van der Waals surface area contributed by atoms with Crippen molar-refractivity contribution in [2.45, 2.75) is 32.2 Å². The molecule has 20 heavy (non-hydrogen) atoms. The van der Waals surface area contributed by atoms with Crippen LogP contribution in [-0.2, 0) is 5.54 Å². The van der Waals surface area contributed by atoms with Crippen LogP contribution in [0.1, 0.15) is 31.2 Å². The SMILES string of the molecule is COc1ccc(-c2noc(C3(C)CCCN3)n2)cc1C. The first-order valence-electron chi connectivity index (χ1n) is 6.87. The van der Waals surface area contributed by atoms with Crippen molar-refractivity contribution in [2.75, 3.05) is 13.7 Å². The summed E-state index contributed by atoms with van der Waals surface area (Å²) >= 11 is 0. The monoisotopic (exact) mass is 273 g/mol. The summed E-state index contributed by atoms with van der Waals surface area (Å²) in [5.74, 6) is 2.15. The minimum Gasteiger partial charge on any atom is -0.496 e. The first-order chi connectivity index (χ1) is 9.62. The molecule has 1 N–H and O–H groups in total. The zero-order chi connectivity index (χ0) is 14.2. The Morgan fingerprint density at radius 3 is 2.90 bits per heavy atom. The van der Waals surface area contributed by atoms with Gasteiger partial charge >= 0.3 is 0 Å². The van der Waals surface area contributed by atoms with Gasteiger partial charge in [-0.05, 0) is 57.0 Å². The van der Waals surface area contributed by atoms with Gasteiger partial charge in [-0.3, -0.25) is 0 Å². The highest BCUT2D eigenvalue weighted by Crippen LogP contribution is 2.31. The van der Waals surface area contributed by atoms with Crippen LogP contribution in [0, 0.1) is 6.92 Å². The molecular formula is C15H19N3O2. The zero-order valence-electron chi connectivity index (χ0n) is 12.1. The van der Waals surface area contributed by atoms with E-state index >= 15 is 0 Å². The van der Waals surface area contributed by atoms with Crippen LogP contribution in [0.3, 0.4) is 0 Å². The zero-order valence-corrected chi connectivity index (χ0v) is 12.1. The molecule has 3 rings (SSSR count). The number of methoxy groups -OCH3 is 1. The second kappa shape index (κ2) is 4.90. The molecule has 1 aromatic heterocycles. The molecule has 106 valence electrons. The highest BCUT2D eigenvalue weighted by atomic mass is 16.5. The first-order valence-corrected chi connectivity index (χ1v) is 6.87. The molecule has 5 nitrogen and oxygen atoms in total. The molecule has 0 bridgehead atoms. The van der Waals surface area contributed by atoms with Crippen molar-refractivity contribution in [1.82, 2.24) is 15.5 Å². The lowest BCUT2D eigenvalue weighted by molar-refractivity contribution is 0.275. The van der Waals surface area contributed by atoms with E-state index in [-0.39, 0.29) is 5.54 Å². The summed E-state index contributed by atoms with van der Waals surface area (Å²) in [4.78, 5) is 4.55. The third-order valence-corrected chi connectivity index (χ3v) is 3.92. The number of hydrogen-bond acceptors (Lipinski definition) is 5.